The molecule has 38 heavy (non-hydrogen) atoms. The van der Waals surface area contributed by atoms with Gasteiger partial charge < -0.3 is 14.7 Å². The molecule has 0 aromatic heterocycles. The highest BCUT2D eigenvalue weighted by Crippen LogP contribution is 2.52. The molecule has 4 N–H and O–H groups in total. The van der Waals surface area contributed by atoms with Crippen molar-refractivity contribution >= 4 is 41.4 Å². The number of ether oxygens (including phenoxy) is 1. The minimum absolute atomic E-state index is 0.121. The molecule has 3 atom stereocenters. The lowest BCUT2D eigenvalue weighted by atomic mass is 10.0. The summed E-state index contributed by atoms with van der Waals surface area (Å²) in [4.78, 5) is 44.5. The third kappa shape index (κ3) is 9.11. The van der Waals surface area contributed by atoms with E-state index >= 15 is 0 Å². The molecule has 2 heterocycles. The maximum Gasteiger partial charge on any atom is 0.328 e. The van der Waals surface area contributed by atoms with Crippen molar-refractivity contribution in [2.24, 2.45) is 0 Å². The molecule has 1 aromatic carbocycles. The molecule has 1 spiro atoms. The standard InChI is InChI=1S/C25H37N3O8S2/c1-18(26-20(23(30)31)11-10-19-8-4-2-5-9-19)22(29)27-17-25(37-14-15-38-25)16-21(27)24(32)35-12-6-3-7-13-36-28(33)34/h2,4-5,8-9,18,20-21,26,33-34H,3,6-7,10-17H2,1H3,(H,30,31). The van der Waals surface area contributed by atoms with Gasteiger partial charge in [-0.2, -0.15) is 0 Å². The largest absolute Gasteiger partial charge is 0.480 e. The zero-order valence-corrected chi connectivity index (χ0v) is 23.1. The number of thioether (sulfide) groups is 2. The van der Waals surface area contributed by atoms with Gasteiger partial charge in [0.15, 0.2) is 0 Å². The monoisotopic (exact) mass is 571 g/mol. The second-order valence-corrected chi connectivity index (χ2v) is 12.6. The highest BCUT2D eigenvalue weighted by Gasteiger charge is 2.52. The summed E-state index contributed by atoms with van der Waals surface area (Å²) in [6.45, 7) is 2.35. The van der Waals surface area contributed by atoms with Gasteiger partial charge in [-0.25, -0.2) is 4.79 Å². The topological polar surface area (TPSA) is 149 Å². The fourth-order valence-corrected chi connectivity index (χ4v) is 7.90. The molecule has 0 radical (unpaired) electrons. The van der Waals surface area contributed by atoms with Crippen molar-refractivity contribution in [3.8, 4) is 0 Å². The van der Waals surface area contributed by atoms with Crippen LogP contribution in [-0.2, 0) is 30.4 Å². The number of unbranched alkanes of at least 4 members (excludes halogenated alkanes) is 2. The lowest BCUT2D eigenvalue weighted by molar-refractivity contribution is -0.492. The Hall–Kier alpha value is -1.87. The highest BCUT2D eigenvalue weighted by molar-refractivity contribution is 8.21. The van der Waals surface area contributed by atoms with Crippen molar-refractivity contribution in [3.63, 3.8) is 0 Å². The maximum atomic E-state index is 13.5. The summed E-state index contributed by atoms with van der Waals surface area (Å²) >= 11 is 3.52. The number of carboxylic acid groups (broad SMARTS) is 1. The van der Waals surface area contributed by atoms with Crippen LogP contribution in [0.5, 0.6) is 0 Å². The van der Waals surface area contributed by atoms with Gasteiger partial charge in [-0.3, -0.25) is 30.2 Å². The minimum atomic E-state index is -1.02. The number of carboxylic acids is 1. The van der Waals surface area contributed by atoms with E-state index in [-0.39, 0.29) is 28.6 Å². The lowest BCUT2D eigenvalue weighted by Gasteiger charge is -2.28. The summed E-state index contributed by atoms with van der Waals surface area (Å²) < 4.78 is 5.25. The number of amides is 1. The van der Waals surface area contributed by atoms with E-state index in [4.69, 9.17) is 15.2 Å². The minimum Gasteiger partial charge on any atom is -0.480 e. The first-order valence-electron chi connectivity index (χ1n) is 12.8. The third-order valence-electron chi connectivity index (χ3n) is 6.58. The van der Waals surface area contributed by atoms with Gasteiger partial charge in [0.1, 0.15) is 12.1 Å². The van der Waals surface area contributed by atoms with Gasteiger partial charge >= 0.3 is 11.9 Å². The number of aryl methyl sites for hydroxylation is 1. The average molecular weight is 572 g/mol. The molecule has 2 saturated heterocycles. The second kappa shape index (κ2) is 15.1. The number of esters is 1. The van der Waals surface area contributed by atoms with Crippen LogP contribution < -0.4 is 5.32 Å². The molecular weight excluding hydrogens is 534 g/mol. The third-order valence-corrected chi connectivity index (χ3v) is 10.0. The SMILES string of the molecule is CC(NC(CCc1ccccc1)C(=O)O)C(=O)N1CC2(CC1C(=O)OCCCCCON(O)O)SCCS2. The zero-order valence-electron chi connectivity index (χ0n) is 21.5. The Kier molecular flexibility index (Phi) is 12.2. The molecule has 1 aromatic rings. The van der Waals surface area contributed by atoms with Crippen LogP contribution in [-0.4, -0.2) is 97.1 Å². The van der Waals surface area contributed by atoms with Crippen LogP contribution in [0.4, 0.5) is 0 Å². The van der Waals surface area contributed by atoms with Crippen molar-refractivity contribution in [2.45, 2.75) is 67.7 Å². The molecule has 2 fully saturated rings. The number of benzene rings is 1. The van der Waals surface area contributed by atoms with E-state index in [0.717, 1.165) is 17.1 Å². The number of carbonyl (C=O) groups is 3. The first-order valence-corrected chi connectivity index (χ1v) is 14.8. The Bertz CT molecular complexity index is 917. The summed E-state index contributed by atoms with van der Waals surface area (Å²) in [5, 5.41) is 29.4. The molecular formula is C25H37N3O8S2. The van der Waals surface area contributed by atoms with Crippen LogP contribution in [0.15, 0.2) is 30.3 Å². The molecule has 13 heteroatoms. The number of nitrogens with zero attached hydrogens (tertiary/aromatic N) is 2. The normalized spacial score (nSPS) is 20.1. The molecule has 11 nitrogen and oxygen atoms in total. The average Bonchev–Trinajstić information content (AvgIpc) is 3.52. The van der Waals surface area contributed by atoms with E-state index in [9.17, 15) is 19.5 Å². The zero-order chi connectivity index (χ0) is 27.5. The molecule has 212 valence electrons. The van der Waals surface area contributed by atoms with Crippen LogP contribution >= 0.6 is 23.5 Å². The van der Waals surface area contributed by atoms with E-state index in [1.165, 1.54) is 0 Å². The van der Waals surface area contributed by atoms with Gasteiger partial charge in [-0.05, 0) is 44.6 Å². The number of rotatable bonds is 15. The smallest absolute Gasteiger partial charge is 0.328 e. The second-order valence-electron chi connectivity index (χ2n) is 9.41. The Morgan fingerprint density at radius 2 is 1.82 bits per heavy atom. The summed E-state index contributed by atoms with van der Waals surface area (Å²) in [7, 11) is 0. The van der Waals surface area contributed by atoms with E-state index in [2.05, 4.69) is 10.2 Å². The van der Waals surface area contributed by atoms with E-state index in [0.29, 0.717) is 45.1 Å². The van der Waals surface area contributed by atoms with Crippen LogP contribution in [0.25, 0.3) is 0 Å². The molecule has 0 bridgehead atoms. The fraction of sp³-hybridized carbons (Fsp3) is 0.640. The van der Waals surface area contributed by atoms with Crippen molar-refractivity contribution < 1.29 is 39.5 Å². The maximum absolute atomic E-state index is 13.5. The molecule has 2 aliphatic rings. The Labute approximate surface area is 231 Å². The number of aliphatic carboxylic acids is 1. The highest BCUT2D eigenvalue weighted by atomic mass is 32.2. The van der Waals surface area contributed by atoms with E-state index in [1.807, 2.05) is 30.3 Å². The van der Waals surface area contributed by atoms with Crippen molar-refractivity contribution in [1.29, 1.82) is 0 Å². The van der Waals surface area contributed by atoms with Gasteiger partial charge in [0.25, 0.3) is 0 Å². The van der Waals surface area contributed by atoms with Crippen molar-refractivity contribution in [3.05, 3.63) is 35.9 Å². The Morgan fingerprint density at radius 3 is 2.47 bits per heavy atom. The number of hydrogen-bond donors (Lipinski definition) is 4. The van der Waals surface area contributed by atoms with Crippen molar-refractivity contribution in [2.75, 3.05) is 31.3 Å². The summed E-state index contributed by atoms with van der Waals surface area (Å²) in [5.74, 6) is 0.112. The van der Waals surface area contributed by atoms with Gasteiger partial charge in [-0.15, -0.1) is 23.5 Å². The predicted octanol–water partition coefficient (Wildman–Crippen LogP) is 2.55. The summed E-state index contributed by atoms with van der Waals surface area (Å²) in [5.41, 5.74) is 1.02. The number of nitrogens with one attached hydrogen (secondary N) is 1. The Balaban J connectivity index is 1.56. The summed E-state index contributed by atoms with van der Waals surface area (Å²) in [6.07, 6.45) is 3.17. The van der Waals surface area contributed by atoms with Crippen LogP contribution in [0.2, 0.25) is 0 Å². The molecule has 2 aliphatic heterocycles. The van der Waals surface area contributed by atoms with E-state index in [1.54, 1.807) is 35.3 Å². The summed E-state index contributed by atoms with van der Waals surface area (Å²) in [6, 6.07) is 7.18. The van der Waals surface area contributed by atoms with Gasteiger partial charge in [0.2, 0.25) is 5.91 Å². The lowest BCUT2D eigenvalue weighted by Crippen LogP contribution is -2.53. The first kappa shape index (κ1) is 30.7. The van der Waals surface area contributed by atoms with E-state index < -0.39 is 30.1 Å². The number of carbonyl (C=O) groups excluding carboxylic acids is 2. The molecule has 1 amide bonds. The van der Waals surface area contributed by atoms with Gasteiger partial charge in [-0.1, -0.05) is 30.3 Å². The predicted molar refractivity (Wildman–Crippen MR) is 143 cm³/mol. The fourth-order valence-electron chi connectivity index (χ4n) is 4.64. The molecule has 0 saturated carbocycles. The first-order chi connectivity index (χ1) is 18.2. The molecule has 3 rings (SSSR count). The number of likely N-dealkylation sites (tertiary alicyclic amines) is 1. The van der Waals surface area contributed by atoms with Gasteiger partial charge in [0.05, 0.1) is 28.7 Å². The number of hydrogen-bond acceptors (Lipinski definition) is 11. The molecule has 3 unspecified atom stereocenters. The van der Waals surface area contributed by atoms with Crippen LogP contribution in [0.1, 0.15) is 44.6 Å². The molecule has 0 aliphatic carbocycles. The quantitative estimate of drug-likeness (QED) is 0.139. The Morgan fingerprint density at radius 1 is 1.13 bits per heavy atom. The van der Waals surface area contributed by atoms with Gasteiger partial charge in [0, 0.05) is 24.5 Å². The van der Waals surface area contributed by atoms with Crippen LogP contribution in [0.3, 0.4) is 0 Å². The van der Waals surface area contributed by atoms with Crippen LogP contribution in [0, 0.1) is 0 Å². The van der Waals surface area contributed by atoms with Crippen molar-refractivity contribution in [1.82, 2.24) is 15.6 Å².